The topological polar surface area (TPSA) is 72.9 Å². The number of hydrogen-bond donors (Lipinski definition) is 1. The van der Waals surface area contributed by atoms with Crippen LogP contribution in [0.4, 0.5) is 4.39 Å². The third kappa shape index (κ3) is 7.91. The van der Waals surface area contributed by atoms with E-state index in [1.165, 1.54) is 24.4 Å². The van der Waals surface area contributed by atoms with E-state index in [1.807, 2.05) is 24.3 Å². The quantitative estimate of drug-likeness (QED) is 0.444. The molecule has 1 fully saturated rings. The van der Waals surface area contributed by atoms with Crippen LogP contribution in [0.2, 0.25) is 0 Å². The molecule has 35 heavy (non-hydrogen) atoms. The van der Waals surface area contributed by atoms with Crippen LogP contribution >= 0.6 is 0 Å². The Kier molecular flexibility index (Phi) is 8.80. The second-order valence-corrected chi connectivity index (χ2v) is 7.98. The molecule has 3 aromatic rings. The molecule has 1 amide bonds. The average molecular weight is 478 g/mol. The minimum Gasteiger partial charge on any atom is -0.492 e. The number of nitrogens with zero attached hydrogens (tertiary/aromatic N) is 2. The lowest BCUT2D eigenvalue weighted by atomic mass is 10.2. The second kappa shape index (κ2) is 12.6. The van der Waals surface area contributed by atoms with Crippen molar-refractivity contribution in [1.29, 1.82) is 0 Å². The number of halogens is 1. The lowest BCUT2D eigenvalue weighted by Crippen LogP contribution is -2.38. The van der Waals surface area contributed by atoms with Crippen molar-refractivity contribution in [2.45, 2.75) is 6.54 Å². The summed E-state index contributed by atoms with van der Waals surface area (Å²) in [6.45, 7) is 5.20. The van der Waals surface area contributed by atoms with Crippen LogP contribution in [0.1, 0.15) is 11.1 Å². The van der Waals surface area contributed by atoms with Crippen molar-refractivity contribution in [3.63, 3.8) is 0 Å². The van der Waals surface area contributed by atoms with Crippen molar-refractivity contribution in [3.05, 3.63) is 90.0 Å². The van der Waals surface area contributed by atoms with Crippen molar-refractivity contribution in [2.24, 2.45) is 0 Å². The first-order chi connectivity index (χ1) is 17.2. The lowest BCUT2D eigenvalue weighted by Gasteiger charge is -2.26. The maximum atomic E-state index is 14.4. The average Bonchev–Trinajstić information content (AvgIpc) is 2.89. The van der Waals surface area contributed by atoms with Crippen LogP contribution in [0.25, 0.3) is 6.08 Å². The summed E-state index contributed by atoms with van der Waals surface area (Å²) in [6, 6.07) is 15.6. The molecule has 0 bridgehead atoms. The van der Waals surface area contributed by atoms with Crippen LogP contribution in [0.3, 0.4) is 0 Å². The molecule has 0 spiro atoms. The molecule has 7 nitrogen and oxygen atoms in total. The van der Waals surface area contributed by atoms with Gasteiger partial charge < -0.3 is 19.5 Å². The summed E-state index contributed by atoms with van der Waals surface area (Å²) in [7, 11) is 0. The fourth-order valence-corrected chi connectivity index (χ4v) is 3.52. The summed E-state index contributed by atoms with van der Waals surface area (Å²) in [5.41, 5.74) is 1.48. The van der Waals surface area contributed by atoms with Gasteiger partial charge in [0.05, 0.1) is 19.4 Å². The van der Waals surface area contributed by atoms with E-state index >= 15 is 0 Å². The maximum Gasteiger partial charge on any atom is 0.244 e. The number of ether oxygens (including phenoxy) is 3. The number of benzene rings is 2. The molecule has 2 aromatic carbocycles. The fraction of sp³-hybridized carbons (Fsp3) is 0.259. The van der Waals surface area contributed by atoms with Crippen molar-refractivity contribution in [3.8, 4) is 17.2 Å². The van der Waals surface area contributed by atoms with Crippen LogP contribution in [0.5, 0.6) is 17.2 Å². The number of hydrogen-bond acceptors (Lipinski definition) is 6. The Morgan fingerprint density at radius 2 is 1.97 bits per heavy atom. The molecule has 2 heterocycles. The molecule has 1 aliphatic rings. The molecule has 1 saturated heterocycles. The molecule has 0 aliphatic carbocycles. The van der Waals surface area contributed by atoms with Gasteiger partial charge in [0.1, 0.15) is 18.1 Å². The highest BCUT2D eigenvalue weighted by Crippen LogP contribution is 2.24. The van der Waals surface area contributed by atoms with Crippen LogP contribution in [0, 0.1) is 5.82 Å². The molecule has 4 rings (SSSR count). The van der Waals surface area contributed by atoms with E-state index in [0.29, 0.717) is 24.5 Å². The minimum absolute atomic E-state index is 0.0895. The Hall–Kier alpha value is -3.75. The van der Waals surface area contributed by atoms with Crippen molar-refractivity contribution >= 4 is 12.0 Å². The SMILES string of the molecule is O=C(/C=C/c1ccc(Oc2cccnc2)c(F)c1)NCc1cccc(OCCN2CCOCC2)c1. The van der Waals surface area contributed by atoms with E-state index in [1.54, 1.807) is 30.5 Å². The van der Waals surface area contributed by atoms with Gasteiger partial charge in [-0.3, -0.25) is 14.7 Å². The Labute approximate surface area is 204 Å². The van der Waals surface area contributed by atoms with E-state index in [2.05, 4.69) is 15.2 Å². The van der Waals surface area contributed by atoms with E-state index in [4.69, 9.17) is 14.2 Å². The van der Waals surface area contributed by atoms with Crippen LogP contribution < -0.4 is 14.8 Å². The number of amides is 1. The Balaban J connectivity index is 1.23. The van der Waals surface area contributed by atoms with E-state index in [9.17, 15) is 9.18 Å². The number of morpholine rings is 1. The zero-order valence-corrected chi connectivity index (χ0v) is 19.4. The van der Waals surface area contributed by atoms with Gasteiger partial charge in [-0.15, -0.1) is 0 Å². The second-order valence-electron chi connectivity index (χ2n) is 7.98. The summed E-state index contributed by atoms with van der Waals surface area (Å²) < 4.78 is 31.1. The molecule has 1 aromatic heterocycles. The van der Waals surface area contributed by atoms with E-state index in [-0.39, 0.29) is 11.7 Å². The van der Waals surface area contributed by atoms with E-state index < -0.39 is 5.82 Å². The van der Waals surface area contributed by atoms with Gasteiger partial charge in [-0.2, -0.15) is 0 Å². The first-order valence-electron chi connectivity index (χ1n) is 11.5. The number of pyridine rings is 1. The molecular formula is C27H28FN3O4. The zero-order valence-electron chi connectivity index (χ0n) is 19.4. The zero-order chi connectivity index (χ0) is 24.3. The third-order valence-electron chi connectivity index (χ3n) is 5.39. The van der Waals surface area contributed by atoms with Crippen LogP contribution in [0.15, 0.2) is 73.1 Å². The highest BCUT2D eigenvalue weighted by Gasteiger charge is 2.10. The normalized spacial score (nSPS) is 14.1. The number of carbonyl (C=O) groups excluding carboxylic acids is 1. The number of carbonyl (C=O) groups is 1. The molecule has 182 valence electrons. The molecule has 0 atom stereocenters. The number of nitrogens with one attached hydrogen (secondary N) is 1. The van der Waals surface area contributed by atoms with Crippen LogP contribution in [-0.4, -0.2) is 55.2 Å². The van der Waals surface area contributed by atoms with Crippen molar-refractivity contribution < 1.29 is 23.4 Å². The monoisotopic (exact) mass is 477 g/mol. The highest BCUT2D eigenvalue weighted by atomic mass is 19.1. The van der Waals surface area contributed by atoms with Gasteiger partial charge >= 0.3 is 0 Å². The molecular weight excluding hydrogens is 449 g/mol. The Bertz CT molecular complexity index is 1130. The van der Waals surface area contributed by atoms with E-state index in [0.717, 1.165) is 44.2 Å². The fourth-order valence-electron chi connectivity index (χ4n) is 3.52. The predicted molar refractivity (Wildman–Crippen MR) is 131 cm³/mol. The van der Waals surface area contributed by atoms with Crippen LogP contribution in [-0.2, 0) is 16.1 Å². The highest BCUT2D eigenvalue weighted by molar-refractivity contribution is 5.91. The van der Waals surface area contributed by atoms with Gasteiger partial charge in [0.25, 0.3) is 0 Å². The van der Waals surface area contributed by atoms with Crippen molar-refractivity contribution in [1.82, 2.24) is 15.2 Å². The van der Waals surface area contributed by atoms with Gasteiger partial charge in [-0.05, 0) is 53.6 Å². The van der Waals surface area contributed by atoms with Gasteiger partial charge in [-0.1, -0.05) is 18.2 Å². The van der Waals surface area contributed by atoms with Crippen molar-refractivity contribution in [2.75, 3.05) is 39.5 Å². The molecule has 0 radical (unpaired) electrons. The summed E-state index contributed by atoms with van der Waals surface area (Å²) >= 11 is 0. The lowest BCUT2D eigenvalue weighted by molar-refractivity contribution is -0.116. The third-order valence-corrected chi connectivity index (χ3v) is 5.39. The molecule has 8 heteroatoms. The Morgan fingerprint density at radius 3 is 2.77 bits per heavy atom. The van der Waals surface area contributed by atoms with Gasteiger partial charge in [0, 0.05) is 38.5 Å². The standard InChI is InChI=1S/C27H28FN3O4/c28-25-18-21(6-8-26(25)35-24-5-2-10-29-20-24)7-9-27(32)30-19-22-3-1-4-23(17-22)34-16-13-31-11-14-33-15-12-31/h1-10,17-18,20H,11-16,19H2,(H,30,32)/b9-7+. The molecule has 0 saturated carbocycles. The minimum atomic E-state index is -0.526. The van der Waals surface area contributed by atoms with Gasteiger partial charge in [-0.25, -0.2) is 4.39 Å². The first-order valence-corrected chi connectivity index (χ1v) is 11.5. The summed E-state index contributed by atoms with van der Waals surface area (Å²) in [5, 5.41) is 2.83. The maximum absolute atomic E-state index is 14.4. The summed E-state index contributed by atoms with van der Waals surface area (Å²) in [6.07, 6.45) is 6.04. The molecule has 0 unspecified atom stereocenters. The molecule has 1 N–H and O–H groups in total. The Morgan fingerprint density at radius 1 is 1.11 bits per heavy atom. The van der Waals surface area contributed by atoms with Gasteiger partial charge in [0.2, 0.25) is 5.91 Å². The first kappa shape index (κ1) is 24.4. The smallest absolute Gasteiger partial charge is 0.244 e. The number of rotatable bonds is 10. The van der Waals surface area contributed by atoms with Gasteiger partial charge in [0.15, 0.2) is 11.6 Å². The summed E-state index contributed by atoms with van der Waals surface area (Å²) in [4.78, 5) is 18.5. The molecule has 1 aliphatic heterocycles. The number of aromatic nitrogens is 1. The predicted octanol–water partition coefficient (Wildman–Crippen LogP) is 4.05. The summed E-state index contributed by atoms with van der Waals surface area (Å²) in [5.74, 6) is 0.499. The largest absolute Gasteiger partial charge is 0.492 e.